The smallest absolute Gasteiger partial charge is 0.401 e. The third-order valence-electron chi connectivity index (χ3n) is 3.45. The highest BCUT2D eigenvalue weighted by atomic mass is 19.4. The van der Waals surface area contributed by atoms with Gasteiger partial charge in [0.15, 0.2) is 0 Å². The molecule has 1 atom stereocenters. The van der Waals surface area contributed by atoms with E-state index in [0.29, 0.717) is 0 Å². The van der Waals surface area contributed by atoms with E-state index in [1.165, 1.54) is 9.80 Å². The average Bonchev–Trinajstić information content (AvgIpc) is 2.24. The molecule has 1 aliphatic rings. The highest BCUT2D eigenvalue weighted by molar-refractivity contribution is 5.97. The summed E-state index contributed by atoms with van der Waals surface area (Å²) in [5.74, 6) is -2.92. The fourth-order valence-electron chi connectivity index (χ4n) is 2.41. The first-order valence-corrected chi connectivity index (χ1v) is 6.72. The molecule has 0 saturated carbocycles. The third-order valence-corrected chi connectivity index (χ3v) is 3.45. The summed E-state index contributed by atoms with van der Waals surface area (Å²) >= 11 is 0. The Kier molecular flexibility index (Phi) is 5.25. The van der Waals surface area contributed by atoms with Crippen LogP contribution in [0.3, 0.4) is 0 Å². The molecule has 0 aromatic rings. The Hall–Kier alpha value is -1.31. The van der Waals surface area contributed by atoms with Gasteiger partial charge in [0.2, 0.25) is 5.91 Å². The van der Waals surface area contributed by atoms with Crippen LogP contribution in [0.25, 0.3) is 0 Å². The number of alkyl halides is 3. The van der Waals surface area contributed by atoms with Crippen LogP contribution < -0.4 is 0 Å². The minimum absolute atomic E-state index is 0.0989. The van der Waals surface area contributed by atoms with Gasteiger partial charge in [-0.05, 0) is 5.41 Å². The summed E-state index contributed by atoms with van der Waals surface area (Å²) in [6.07, 6.45) is -4.26. The standard InChI is InChI=1S/C13H21F3N2O3/c1-12(2,3)9(11(20)21)10(19)18-6-4-17(5-7-18)8-13(14,15)16/h9H,4-8H2,1-3H3,(H,20,21). The Morgan fingerprint density at radius 3 is 1.90 bits per heavy atom. The number of amides is 1. The molecule has 0 radical (unpaired) electrons. The Labute approximate surface area is 121 Å². The lowest BCUT2D eigenvalue weighted by Gasteiger charge is -2.38. The van der Waals surface area contributed by atoms with E-state index in [1.54, 1.807) is 20.8 Å². The predicted molar refractivity (Wildman–Crippen MR) is 69.7 cm³/mol. The lowest BCUT2D eigenvalue weighted by molar-refractivity contribution is -0.159. The van der Waals surface area contributed by atoms with Gasteiger partial charge in [0.1, 0.15) is 5.92 Å². The molecule has 0 bridgehead atoms. The van der Waals surface area contributed by atoms with Crippen LogP contribution in [0.1, 0.15) is 20.8 Å². The van der Waals surface area contributed by atoms with Gasteiger partial charge in [-0.15, -0.1) is 0 Å². The number of halogens is 3. The largest absolute Gasteiger partial charge is 0.481 e. The summed E-state index contributed by atoms with van der Waals surface area (Å²) in [6.45, 7) is 4.40. The molecule has 1 unspecified atom stereocenters. The van der Waals surface area contributed by atoms with Gasteiger partial charge in [0.25, 0.3) is 0 Å². The Morgan fingerprint density at radius 2 is 1.57 bits per heavy atom. The molecule has 1 amide bonds. The van der Waals surface area contributed by atoms with Crippen molar-refractivity contribution in [3.05, 3.63) is 0 Å². The van der Waals surface area contributed by atoms with E-state index >= 15 is 0 Å². The van der Waals surface area contributed by atoms with Crippen molar-refractivity contribution in [3.8, 4) is 0 Å². The van der Waals surface area contributed by atoms with E-state index < -0.39 is 35.9 Å². The van der Waals surface area contributed by atoms with E-state index in [1.807, 2.05) is 0 Å². The van der Waals surface area contributed by atoms with Crippen molar-refractivity contribution in [1.29, 1.82) is 0 Å². The summed E-state index contributed by atoms with van der Waals surface area (Å²) in [5, 5.41) is 9.21. The first-order chi connectivity index (χ1) is 9.42. The Balaban J connectivity index is 2.65. The molecule has 21 heavy (non-hydrogen) atoms. The van der Waals surface area contributed by atoms with Crippen LogP contribution in [0.4, 0.5) is 13.2 Å². The number of aliphatic carboxylic acids is 1. The zero-order valence-corrected chi connectivity index (χ0v) is 12.4. The Morgan fingerprint density at radius 1 is 1.10 bits per heavy atom. The number of piperazine rings is 1. The molecule has 0 aromatic heterocycles. The lowest BCUT2D eigenvalue weighted by atomic mass is 9.79. The summed E-state index contributed by atoms with van der Waals surface area (Å²) in [7, 11) is 0. The van der Waals surface area contributed by atoms with Gasteiger partial charge in [-0.3, -0.25) is 14.5 Å². The molecule has 122 valence electrons. The molecule has 0 spiro atoms. The number of rotatable bonds is 3. The third kappa shape index (κ3) is 5.18. The lowest BCUT2D eigenvalue weighted by Crippen LogP contribution is -2.54. The Bertz CT molecular complexity index is 396. The van der Waals surface area contributed by atoms with Crippen molar-refractivity contribution in [2.45, 2.75) is 26.9 Å². The maximum Gasteiger partial charge on any atom is 0.401 e. The van der Waals surface area contributed by atoms with Crippen molar-refractivity contribution in [3.63, 3.8) is 0 Å². The zero-order chi connectivity index (χ0) is 16.4. The summed E-state index contributed by atoms with van der Waals surface area (Å²) in [6, 6.07) is 0. The quantitative estimate of drug-likeness (QED) is 0.801. The highest BCUT2D eigenvalue weighted by Crippen LogP contribution is 2.28. The maximum absolute atomic E-state index is 12.3. The minimum Gasteiger partial charge on any atom is -0.481 e. The van der Waals surface area contributed by atoms with Gasteiger partial charge >= 0.3 is 12.1 Å². The molecule has 0 aliphatic carbocycles. The maximum atomic E-state index is 12.3. The molecule has 1 rings (SSSR count). The average molecular weight is 310 g/mol. The number of carboxylic acids is 1. The van der Waals surface area contributed by atoms with Crippen LogP contribution in [0.5, 0.6) is 0 Å². The van der Waals surface area contributed by atoms with E-state index in [0.717, 1.165) is 0 Å². The van der Waals surface area contributed by atoms with Gasteiger partial charge < -0.3 is 10.0 Å². The molecule has 1 saturated heterocycles. The highest BCUT2D eigenvalue weighted by Gasteiger charge is 2.41. The van der Waals surface area contributed by atoms with Crippen LogP contribution >= 0.6 is 0 Å². The van der Waals surface area contributed by atoms with E-state index in [9.17, 15) is 27.9 Å². The van der Waals surface area contributed by atoms with Gasteiger partial charge in [0, 0.05) is 26.2 Å². The van der Waals surface area contributed by atoms with Crippen molar-refractivity contribution < 1.29 is 27.9 Å². The molecule has 8 heteroatoms. The second kappa shape index (κ2) is 6.21. The summed E-state index contributed by atoms with van der Waals surface area (Å²) < 4.78 is 36.9. The molecule has 1 fully saturated rings. The second-order valence-corrected chi connectivity index (χ2v) is 6.35. The topological polar surface area (TPSA) is 60.9 Å². The summed E-state index contributed by atoms with van der Waals surface area (Å²) in [4.78, 5) is 26.1. The molecule has 1 N–H and O–H groups in total. The predicted octanol–water partition coefficient (Wildman–Crippen LogP) is 1.44. The number of carbonyl (C=O) groups excluding carboxylic acids is 1. The van der Waals surface area contributed by atoms with Crippen LogP contribution in [-0.4, -0.2) is 65.7 Å². The minimum atomic E-state index is -4.26. The van der Waals surface area contributed by atoms with Crippen LogP contribution in [0.2, 0.25) is 0 Å². The summed E-state index contributed by atoms with van der Waals surface area (Å²) in [5.41, 5.74) is -0.744. The molecule has 5 nitrogen and oxygen atoms in total. The number of hydrogen-bond donors (Lipinski definition) is 1. The SMILES string of the molecule is CC(C)(C)C(C(=O)O)C(=O)N1CCN(CC(F)(F)F)CC1. The van der Waals surface area contributed by atoms with E-state index in [4.69, 9.17) is 0 Å². The van der Waals surface area contributed by atoms with Crippen LogP contribution in [0.15, 0.2) is 0 Å². The fraction of sp³-hybridized carbons (Fsp3) is 0.846. The molecular formula is C13H21F3N2O3. The first kappa shape index (κ1) is 17.7. The van der Waals surface area contributed by atoms with Crippen molar-refractivity contribution in [2.75, 3.05) is 32.7 Å². The molecule has 1 aliphatic heterocycles. The normalized spacial score (nSPS) is 19.4. The van der Waals surface area contributed by atoms with Crippen LogP contribution in [-0.2, 0) is 9.59 Å². The number of carboxylic acid groups (broad SMARTS) is 1. The number of nitrogens with zero attached hydrogens (tertiary/aromatic N) is 2. The fourth-order valence-corrected chi connectivity index (χ4v) is 2.41. The monoisotopic (exact) mass is 310 g/mol. The van der Waals surface area contributed by atoms with E-state index in [2.05, 4.69) is 0 Å². The van der Waals surface area contributed by atoms with Crippen molar-refractivity contribution in [1.82, 2.24) is 9.80 Å². The van der Waals surface area contributed by atoms with Gasteiger partial charge in [-0.1, -0.05) is 20.8 Å². The molecular weight excluding hydrogens is 289 g/mol. The first-order valence-electron chi connectivity index (χ1n) is 6.72. The van der Waals surface area contributed by atoms with Crippen molar-refractivity contribution >= 4 is 11.9 Å². The molecule has 0 aromatic carbocycles. The van der Waals surface area contributed by atoms with Gasteiger partial charge in [-0.25, -0.2) is 0 Å². The number of carbonyl (C=O) groups is 2. The van der Waals surface area contributed by atoms with Crippen molar-refractivity contribution in [2.24, 2.45) is 11.3 Å². The van der Waals surface area contributed by atoms with E-state index in [-0.39, 0.29) is 26.2 Å². The van der Waals surface area contributed by atoms with Crippen LogP contribution in [0, 0.1) is 11.3 Å². The molecule has 1 heterocycles. The van der Waals surface area contributed by atoms with Gasteiger partial charge in [0.05, 0.1) is 6.54 Å². The number of hydrogen-bond acceptors (Lipinski definition) is 3. The zero-order valence-electron chi connectivity index (χ0n) is 12.4. The van der Waals surface area contributed by atoms with Gasteiger partial charge in [-0.2, -0.15) is 13.2 Å². The second-order valence-electron chi connectivity index (χ2n) is 6.35.